The Balaban J connectivity index is 1.99. The molecule has 0 bridgehead atoms. The van der Waals surface area contributed by atoms with Gasteiger partial charge in [0.2, 0.25) is 0 Å². The SMILES string of the molecule is O=C(Nc1ccncc1Cl)c1cccc2ncccc12. The second kappa shape index (κ2) is 5.27. The van der Waals surface area contributed by atoms with Crippen LogP contribution in [0, 0.1) is 0 Å². The zero-order chi connectivity index (χ0) is 13.9. The first-order valence-corrected chi connectivity index (χ1v) is 6.38. The zero-order valence-corrected chi connectivity index (χ0v) is 11.1. The number of hydrogen-bond donors (Lipinski definition) is 1. The molecule has 0 saturated heterocycles. The van der Waals surface area contributed by atoms with Gasteiger partial charge in [-0.15, -0.1) is 0 Å². The van der Waals surface area contributed by atoms with E-state index in [0.717, 1.165) is 10.9 Å². The third-order valence-corrected chi connectivity index (χ3v) is 3.21. The van der Waals surface area contributed by atoms with Crippen molar-refractivity contribution >= 4 is 34.1 Å². The third kappa shape index (κ3) is 2.33. The highest BCUT2D eigenvalue weighted by Crippen LogP contribution is 2.22. The molecule has 3 rings (SSSR count). The van der Waals surface area contributed by atoms with E-state index in [2.05, 4.69) is 15.3 Å². The lowest BCUT2D eigenvalue weighted by atomic mass is 10.1. The van der Waals surface area contributed by atoms with Crippen LogP contribution in [0.15, 0.2) is 55.0 Å². The predicted molar refractivity (Wildman–Crippen MR) is 78.9 cm³/mol. The number of pyridine rings is 2. The van der Waals surface area contributed by atoms with E-state index in [9.17, 15) is 4.79 Å². The van der Waals surface area contributed by atoms with Crippen molar-refractivity contribution in [3.8, 4) is 0 Å². The summed E-state index contributed by atoms with van der Waals surface area (Å²) < 4.78 is 0. The van der Waals surface area contributed by atoms with E-state index < -0.39 is 0 Å². The Bertz CT molecular complexity index is 783. The Morgan fingerprint density at radius 1 is 1.10 bits per heavy atom. The van der Waals surface area contributed by atoms with Crippen LogP contribution in [0.4, 0.5) is 5.69 Å². The number of carbonyl (C=O) groups excluding carboxylic acids is 1. The summed E-state index contributed by atoms with van der Waals surface area (Å²) in [5, 5.41) is 3.99. The lowest BCUT2D eigenvalue weighted by molar-refractivity contribution is 0.102. The molecule has 1 N–H and O–H groups in total. The van der Waals surface area contributed by atoms with Gasteiger partial charge in [0, 0.05) is 29.5 Å². The second-order valence-electron chi connectivity index (χ2n) is 4.19. The van der Waals surface area contributed by atoms with Crippen LogP contribution in [0.2, 0.25) is 5.02 Å². The van der Waals surface area contributed by atoms with Gasteiger partial charge in [0.05, 0.1) is 16.2 Å². The molecule has 1 aromatic carbocycles. The summed E-state index contributed by atoms with van der Waals surface area (Å²) in [5.74, 6) is -0.225. The highest BCUT2D eigenvalue weighted by atomic mass is 35.5. The topological polar surface area (TPSA) is 54.9 Å². The van der Waals surface area contributed by atoms with Gasteiger partial charge < -0.3 is 5.32 Å². The summed E-state index contributed by atoms with van der Waals surface area (Å²) in [6.45, 7) is 0. The van der Waals surface area contributed by atoms with Crippen molar-refractivity contribution in [2.45, 2.75) is 0 Å². The summed E-state index contributed by atoms with van der Waals surface area (Å²) in [6, 6.07) is 10.8. The highest BCUT2D eigenvalue weighted by Gasteiger charge is 2.11. The summed E-state index contributed by atoms with van der Waals surface area (Å²) >= 11 is 5.98. The number of anilines is 1. The first-order valence-electron chi connectivity index (χ1n) is 6.00. The van der Waals surface area contributed by atoms with Gasteiger partial charge in [-0.3, -0.25) is 14.8 Å². The normalized spacial score (nSPS) is 10.4. The largest absolute Gasteiger partial charge is 0.321 e. The van der Waals surface area contributed by atoms with Gasteiger partial charge in [0.1, 0.15) is 0 Å². The molecule has 0 fully saturated rings. The third-order valence-electron chi connectivity index (χ3n) is 2.91. The van der Waals surface area contributed by atoms with Crippen LogP contribution in [0.5, 0.6) is 0 Å². The molecule has 20 heavy (non-hydrogen) atoms. The zero-order valence-electron chi connectivity index (χ0n) is 10.4. The molecule has 0 radical (unpaired) electrons. The van der Waals surface area contributed by atoms with E-state index in [1.165, 1.54) is 6.20 Å². The molecule has 2 heterocycles. The summed E-state index contributed by atoms with van der Waals surface area (Å²) in [6.07, 6.45) is 4.76. The number of aromatic nitrogens is 2. The van der Waals surface area contributed by atoms with E-state index in [1.54, 1.807) is 36.7 Å². The summed E-state index contributed by atoms with van der Waals surface area (Å²) in [7, 11) is 0. The van der Waals surface area contributed by atoms with E-state index >= 15 is 0 Å². The lowest BCUT2D eigenvalue weighted by Gasteiger charge is -2.08. The molecule has 98 valence electrons. The summed E-state index contributed by atoms with van der Waals surface area (Å²) in [5.41, 5.74) is 1.87. The molecule has 0 aliphatic heterocycles. The van der Waals surface area contributed by atoms with E-state index in [1.807, 2.05) is 12.1 Å². The summed E-state index contributed by atoms with van der Waals surface area (Å²) in [4.78, 5) is 20.5. The number of nitrogens with zero attached hydrogens (tertiary/aromatic N) is 2. The minimum absolute atomic E-state index is 0.225. The molecule has 2 aromatic heterocycles. The first-order chi connectivity index (χ1) is 9.75. The Morgan fingerprint density at radius 3 is 2.85 bits per heavy atom. The van der Waals surface area contributed by atoms with Crippen LogP contribution in [0.3, 0.4) is 0 Å². The van der Waals surface area contributed by atoms with Crippen molar-refractivity contribution in [2.75, 3.05) is 5.32 Å². The molecule has 1 amide bonds. The quantitative estimate of drug-likeness (QED) is 0.783. The molecule has 4 nitrogen and oxygen atoms in total. The number of amides is 1. The Morgan fingerprint density at radius 2 is 2.00 bits per heavy atom. The number of rotatable bonds is 2. The Kier molecular flexibility index (Phi) is 3.31. The van der Waals surface area contributed by atoms with Crippen molar-refractivity contribution in [3.63, 3.8) is 0 Å². The molecule has 5 heteroatoms. The van der Waals surface area contributed by atoms with Crippen LogP contribution in [-0.4, -0.2) is 15.9 Å². The maximum atomic E-state index is 12.4. The van der Waals surface area contributed by atoms with Gasteiger partial charge in [-0.1, -0.05) is 23.7 Å². The minimum Gasteiger partial charge on any atom is -0.321 e. The van der Waals surface area contributed by atoms with E-state index in [4.69, 9.17) is 11.6 Å². The van der Waals surface area contributed by atoms with Crippen LogP contribution in [0.1, 0.15) is 10.4 Å². The van der Waals surface area contributed by atoms with Crippen molar-refractivity contribution in [1.82, 2.24) is 9.97 Å². The van der Waals surface area contributed by atoms with Crippen molar-refractivity contribution in [1.29, 1.82) is 0 Å². The van der Waals surface area contributed by atoms with Crippen LogP contribution in [0.25, 0.3) is 10.9 Å². The molecular formula is C15H10ClN3O. The molecule has 0 unspecified atom stereocenters. The molecular weight excluding hydrogens is 274 g/mol. The molecule has 0 aliphatic rings. The van der Waals surface area contributed by atoms with Gasteiger partial charge >= 0.3 is 0 Å². The van der Waals surface area contributed by atoms with Gasteiger partial charge in [-0.25, -0.2) is 0 Å². The monoisotopic (exact) mass is 283 g/mol. The van der Waals surface area contributed by atoms with Crippen LogP contribution < -0.4 is 5.32 Å². The number of halogens is 1. The first kappa shape index (κ1) is 12.6. The van der Waals surface area contributed by atoms with Gasteiger partial charge in [0.15, 0.2) is 0 Å². The number of benzene rings is 1. The van der Waals surface area contributed by atoms with Crippen LogP contribution in [-0.2, 0) is 0 Å². The molecule has 0 aliphatic carbocycles. The van der Waals surface area contributed by atoms with Gasteiger partial charge in [-0.05, 0) is 24.3 Å². The average molecular weight is 284 g/mol. The van der Waals surface area contributed by atoms with Gasteiger partial charge in [0.25, 0.3) is 5.91 Å². The fourth-order valence-electron chi connectivity index (χ4n) is 1.97. The minimum atomic E-state index is -0.225. The Labute approximate surface area is 120 Å². The second-order valence-corrected chi connectivity index (χ2v) is 4.59. The van der Waals surface area contributed by atoms with Crippen molar-refractivity contribution in [3.05, 3.63) is 65.6 Å². The maximum Gasteiger partial charge on any atom is 0.256 e. The van der Waals surface area contributed by atoms with Gasteiger partial charge in [-0.2, -0.15) is 0 Å². The number of carbonyl (C=O) groups is 1. The smallest absolute Gasteiger partial charge is 0.256 e. The standard InChI is InChI=1S/C15H10ClN3O/c16-12-9-17-8-6-14(12)19-15(20)11-3-1-5-13-10(11)4-2-7-18-13/h1-9H,(H,17,19,20). The fraction of sp³-hybridized carbons (Fsp3) is 0. The molecule has 0 spiro atoms. The van der Waals surface area contributed by atoms with Crippen molar-refractivity contribution in [2.24, 2.45) is 0 Å². The number of nitrogens with one attached hydrogen (secondary N) is 1. The molecule has 3 aromatic rings. The van der Waals surface area contributed by atoms with Crippen molar-refractivity contribution < 1.29 is 4.79 Å². The average Bonchev–Trinajstić information content (AvgIpc) is 2.49. The van der Waals surface area contributed by atoms with E-state index in [0.29, 0.717) is 16.3 Å². The highest BCUT2D eigenvalue weighted by molar-refractivity contribution is 6.33. The number of hydrogen-bond acceptors (Lipinski definition) is 3. The molecule has 0 saturated carbocycles. The number of fused-ring (bicyclic) bond motifs is 1. The van der Waals surface area contributed by atoms with Crippen LogP contribution >= 0.6 is 11.6 Å². The predicted octanol–water partition coefficient (Wildman–Crippen LogP) is 3.54. The fourth-order valence-corrected chi connectivity index (χ4v) is 2.13. The molecule has 0 atom stereocenters. The maximum absolute atomic E-state index is 12.4. The Hall–Kier alpha value is -2.46. The van der Waals surface area contributed by atoms with E-state index in [-0.39, 0.29) is 5.91 Å². The lowest BCUT2D eigenvalue weighted by Crippen LogP contribution is -2.12.